The van der Waals surface area contributed by atoms with Crippen molar-refractivity contribution in [3.05, 3.63) is 86.6 Å². The molecule has 4 N–H and O–H groups in total. The minimum atomic E-state index is -0.560. The van der Waals surface area contributed by atoms with Crippen molar-refractivity contribution < 1.29 is 4.79 Å². The lowest BCUT2D eigenvalue weighted by Gasteiger charge is -2.14. The van der Waals surface area contributed by atoms with Crippen LogP contribution in [-0.2, 0) is 6.54 Å². The first-order chi connectivity index (χ1) is 14.1. The Morgan fingerprint density at radius 2 is 1.69 bits per heavy atom. The summed E-state index contributed by atoms with van der Waals surface area (Å²) in [7, 11) is 0. The van der Waals surface area contributed by atoms with Gasteiger partial charge in [0.15, 0.2) is 0 Å². The Morgan fingerprint density at radius 1 is 0.931 bits per heavy atom. The van der Waals surface area contributed by atoms with Gasteiger partial charge in [-0.2, -0.15) is 0 Å². The molecule has 0 saturated heterocycles. The van der Waals surface area contributed by atoms with Crippen LogP contribution in [0.15, 0.2) is 64.3 Å². The van der Waals surface area contributed by atoms with Gasteiger partial charge < -0.3 is 20.9 Å². The minimum Gasteiger partial charge on any atom is -0.378 e. The number of hydrogen-bond acceptors (Lipinski definition) is 6. The molecule has 1 amide bonds. The maximum absolute atomic E-state index is 12.3. The Labute approximate surface area is 165 Å². The SMILES string of the molecule is O=C(NCCNc1c(NCc2ccccn2)c(=O)c1=O)c1cc2ccccc2[nH]1. The Balaban J connectivity index is 1.29. The largest absolute Gasteiger partial charge is 0.378 e. The molecule has 0 spiro atoms. The number of amides is 1. The van der Waals surface area contributed by atoms with Crippen LogP contribution in [0.4, 0.5) is 11.4 Å². The van der Waals surface area contributed by atoms with E-state index < -0.39 is 10.9 Å². The molecule has 0 radical (unpaired) electrons. The quantitative estimate of drug-likeness (QED) is 0.269. The summed E-state index contributed by atoms with van der Waals surface area (Å²) < 4.78 is 0. The molecule has 0 saturated carbocycles. The molecule has 29 heavy (non-hydrogen) atoms. The van der Waals surface area contributed by atoms with Gasteiger partial charge in [-0.3, -0.25) is 19.4 Å². The lowest BCUT2D eigenvalue weighted by atomic mass is 10.2. The van der Waals surface area contributed by atoms with E-state index in [1.165, 1.54) is 0 Å². The van der Waals surface area contributed by atoms with Gasteiger partial charge in [-0.15, -0.1) is 0 Å². The second kappa shape index (κ2) is 7.97. The minimum absolute atomic E-state index is 0.235. The van der Waals surface area contributed by atoms with Crippen molar-refractivity contribution in [2.24, 2.45) is 0 Å². The smallest absolute Gasteiger partial charge is 0.267 e. The van der Waals surface area contributed by atoms with Crippen molar-refractivity contribution >= 4 is 28.2 Å². The first kappa shape index (κ1) is 18.4. The van der Waals surface area contributed by atoms with Gasteiger partial charge in [0.25, 0.3) is 16.8 Å². The van der Waals surface area contributed by atoms with Gasteiger partial charge in [-0.25, -0.2) is 0 Å². The first-order valence-corrected chi connectivity index (χ1v) is 9.20. The van der Waals surface area contributed by atoms with Gasteiger partial charge in [-0.05, 0) is 24.3 Å². The Morgan fingerprint density at radius 3 is 2.45 bits per heavy atom. The number of carbonyl (C=O) groups is 1. The molecule has 4 aromatic rings. The van der Waals surface area contributed by atoms with Gasteiger partial charge in [-0.1, -0.05) is 24.3 Å². The molecule has 0 aliphatic heterocycles. The van der Waals surface area contributed by atoms with E-state index in [1.54, 1.807) is 18.3 Å². The number of carbonyl (C=O) groups excluding carboxylic acids is 1. The maximum Gasteiger partial charge on any atom is 0.267 e. The molecule has 8 heteroatoms. The third-order valence-corrected chi connectivity index (χ3v) is 4.57. The van der Waals surface area contributed by atoms with Crippen molar-refractivity contribution in [2.45, 2.75) is 6.54 Å². The van der Waals surface area contributed by atoms with Crippen LogP contribution in [-0.4, -0.2) is 29.0 Å². The van der Waals surface area contributed by atoms with Crippen molar-refractivity contribution in [3.8, 4) is 0 Å². The van der Waals surface area contributed by atoms with Crippen LogP contribution in [0, 0.1) is 0 Å². The molecule has 0 bridgehead atoms. The summed E-state index contributed by atoms with van der Waals surface area (Å²) in [4.78, 5) is 43.1. The van der Waals surface area contributed by atoms with Crippen molar-refractivity contribution in [3.63, 3.8) is 0 Å². The predicted octanol–water partition coefficient (Wildman–Crippen LogP) is 1.61. The zero-order valence-electron chi connectivity index (χ0n) is 15.5. The summed E-state index contributed by atoms with van der Waals surface area (Å²) in [5.41, 5.74) is 1.51. The summed E-state index contributed by atoms with van der Waals surface area (Å²) >= 11 is 0. The van der Waals surface area contributed by atoms with E-state index in [9.17, 15) is 14.4 Å². The number of benzene rings is 1. The summed E-state index contributed by atoms with van der Waals surface area (Å²) in [6, 6.07) is 14.9. The van der Waals surface area contributed by atoms with Crippen LogP contribution in [0.5, 0.6) is 0 Å². The zero-order valence-corrected chi connectivity index (χ0v) is 15.5. The van der Waals surface area contributed by atoms with Crippen LogP contribution >= 0.6 is 0 Å². The van der Waals surface area contributed by atoms with Crippen LogP contribution in [0.25, 0.3) is 10.9 Å². The number of nitrogens with one attached hydrogen (secondary N) is 4. The van der Waals surface area contributed by atoms with Gasteiger partial charge in [0.1, 0.15) is 17.1 Å². The number of aromatic nitrogens is 2. The molecule has 146 valence electrons. The molecule has 2 aromatic carbocycles. The van der Waals surface area contributed by atoms with Gasteiger partial charge >= 0.3 is 0 Å². The normalized spacial score (nSPS) is 10.9. The van der Waals surface area contributed by atoms with Gasteiger partial charge in [0.2, 0.25) is 0 Å². The number of fused-ring (bicyclic) bond motifs is 1. The van der Waals surface area contributed by atoms with Gasteiger partial charge in [0, 0.05) is 30.2 Å². The van der Waals surface area contributed by atoms with Gasteiger partial charge in [0.05, 0.1) is 12.2 Å². The number of anilines is 2. The number of nitrogens with zero attached hydrogens (tertiary/aromatic N) is 1. The van der Waals surface area contributed by atoms with Crippen LogP contribution < -0.4 is 26.8 Å². The van der Waals surface area contributed by atoms with Crippen LogP contribution in [0.3, 0.4) is 0 Å². The number of rotatable bonds is 8. The third kappa shape index (κ3) is 3.86. The zero-order chi connectivity index (χ0) is 20.2. The van der Waals surface area contributed by atoms with E-state index in [0.717, 1.165) is 16.6 Å². The standard InChI is InChI=1S/C21H19N5O3/c27-19-17(18(20(19)28)25-12-14-6-3-4-8-22-14)23-9-10-24-21(29)16-11-13-5-1-2-7-15(13)26-16/h1-8,11,23,25-26H,9-10,12H2,(H,24,29). The highest BCUT2D eigenvalue weighted by atomic mass is 16.2. The lowest BCUT2D eigenvalue weighted by molar-refractivity contribution is 0.0951. The highest BCUT2D eigenvalue weighted by Gasteiger charge is 2.20. The topological polar surface area (TPSA) is 116 Å². The average molecular weight is 389 g/mol. The number of aromatic amines is 1. The third-order valence-electron chi connectivity index (χ3n) is 4.57. The van der Waals surface area contributed by atoms with Crippen LogP contribution in [0.1, 0.15) is 16.2 Å². The number of pyridine rings is 1. The number of para-hydroxylation sites is 1. The Hall–Kier alpha value is -3.94. The monoisotopic (exact) mass is 389 g/mol. The van der Waals surface area contributed by atoms with E-state index >= 15 is 0 Å². The highest BCUT2D eigenvalue weighted by molar-refractivity contribution is 5.98. The molecular weight excluding hydrogens is 370 g/mol. The van der Waals surface area contributed by atoms with Crippen molar-refractivity contribution in [1.29, 1.82) is 0 Å². The molecule has 0 aliphatic rings. The molecule has 4 rings (SSSR count). The molecule has 2 aromatic heterocycles. The summed E-state index contributed by atoms with van der Waals surface area (Å²) in [6.45, 7) is 0.958. The number of hydrogen-bond donors (Lipinski definition) is 4. The van der Waals surface area contributed by atoms with E-state index in [0.29, 0.717) is 25.3 Å². The molecule has 8 nitrogen and oxygen atoms in total. The average Bonchev–Trinajstić information content (AvgIpc) is 3.20. The second-order valence-electron chi connectivity index (χ2n) is 6.54. The molecule has 2 heterocycles. The fourth-order valence-electron chi connectivity index (χ4n) is 3.07. The molecule has 0 atom stereocenters. The lowest BCUT2D eigenvalue weighted by Crippen LogP contribution is -2.39. The molecule has 0 aliphatic carbocycles. The Bertz CT molecular complexity index is 1190. The molecule has 0 unspecified atom stereocenters. The summed E-state index contributed by atoms with van der Waals surface area (Å²) in [5, 5.41) is 9.61. The van der Waals surface area contributed by atoms with E-state index in [-0.39, 0.29) is 17.3 Å². The first-order valence-electron chi connectivity index (χ1n) is 9.20. The summed E-state index contributed by atoms with van der Waals surface area (Å²) in [5.74, 6) is -0.235. The van der Waals surface area contributed by atoms with Crippen molar-refractivity contribution in [1.82, 2.24) is 15.3 Å². The highest BCUT2D eigenvalue weighted by Crippen LogP contribution is 2.15. The molecule has 0 fully saturated rings. The van der Waals surface area contributed by atoms with Crippen molar-refractivity contribution in [2.75, 3.05) is 23.7 Å². The second-order valence-corrected chi connectivity index (χ2v) is 6.54. The van der Waals surface area contributed by atoms with Crippen LogP contribution in [0.2, 0.25) is 0 Å². The van der Waals surface area contributed by atoms with E-state index in [4.69, 9.17) is 0 Å². The number of H-pyrrole nitrogens is 1. The summed E-state index contributed by atoms with van der Waals surface area (Å²) in [6.07, 6.45) is 1.66. The van der Waals surface area contributed by atoms with E-state index in [2.05, 4.69) is 25.9 Å². The van der Waals surface area contributed by atoms with E-state index in [1.807, 2.05) is 36.4 Å². The fourth-order valence-corrected chi connectivity index (χ4v) is 3.07. The maximum atomic E-state index is 12.3. The molecular formula is C21H19N5O3. The fraction of sp³-hybridized carbons (Fsp3) is 0.143. The Kier molecular flexibility index (Phi) is 5.07. The predicted molar refractivity (Wildman–Crippen MR) is 112 cm³/mol.